The summed E-state index contributed by atoms with van der Waals surface area (Å²) in [6, 6.07) is 0. The van der Waals surface area contributed by atoms with E-state index in [4.69, 9.17) is 0 Å². The van der Waals surface area contributed by atoms with Gasteiger partial charge in [0.15, 0.2) is 0 Å². The van der Waals surface area contributed by atoms with E-state index >= 15 is 0 Å². The van der Waals surface area contributed by atoms with Crippen molar-refractivity contribution in [3.05, 3.63) is 12.2 Å². The summed E-state index contributed by atoms with van der Waals surface area (Å²) in [6.45, 7) is 2.01. The number of rotatable bonds is 3. The number of hydrogen-bond acceptors (Lipinski definition) is 2. The van der Waals surface area contributed by atoms with Crippen LogP contribution in [0.2, 0.25) is 0 Å². The van der Waals surface area contributed by atoms with Gasteiger partial charge < -0.3 is 5.32 Å². The predicted octanol–water partition coefficient (Wildman–Crippen LogP) is 0.997. The Labute approximate surface area is 62.0 Å². The van der Waals surface area contributed by atoms with Gasteiger partial charge in [-0.15, -0.1) is 0 Å². The summed E-state index contributed by atoms with van der Waals surface area (Å²) < 4.78 is 0. The van der Waals surface area contributed by atoms with Crippen molar-refractivity contribution in [2.45, 2.75) is 12.8 Å². The van der Waals surface area contributed by atoms with Gasteiger partial charge in [0.2, 0.25) is 0 Å². The van der Waals surface area contributed by atoms with Gasteiger partial charge in [-0.05, 0) is 19.5 Å². The molecule has 1 rings (SSSR count). The minimum atomic E-state index is 0.982. The fourth-order valence-corrected chi connectivity index (χ4v) is 0.970. The van der Waals surface area contributed by atoms with Crippen molar-refractivity contribution in [3.8, 4) is 0 Å². The lowest BCUT2D eigenvalue weighted by molar-refractivity contribution is 0.819. The number of aliphatic imine (C=N–C) groups is 1. The summed E-state index contributed by atoms with van der Waals surface area (Å²) in [6.07, 6.45) is 6.49. The number of nitrogens with one attached hydrogen (secondary N) is 1. The Morgan fingerprint density at radius 2 is 2.60 bits per heavy atom. The third-order valence-electron chi connectivity index (χ3n) is 1.55. The second-order valence-corrected chi connectivity index (χ2v) is 2.42. The van der Waals surface area contributed by atoms with Crippen LogP contribution >= 0.6 is 0 Å². The number of allylic oxidation sites excluding steroid dienone is 1. The SMILES string of the molecule is CNCCC1=NCCC=C1. The third kappa shape index (κ3) is 2.31. The van der Waals surface area contributed by atoms with Crippen LogP contribution in [0.3, 0.4) is 0 Å². The molecule has 0 aromatic rings. The summed E-state index contributed by atoms with van der Waals surface area (Å²) in [7, 11) is 1.97. The topological polar surface area (TPSA) is 24.4 Å². The van der Waals surface area contributed by atoms with Crippen molar-refractivity contribution in [1.82, 2.24) is 5.32 Å². The molecule has 1 aliphatic heterocycles. The fourth-order valence-electron chi connectivity index (χ4n) is 0.970. The lowest BCUT2D eigenvalue weighted by atomic mass is 10.2. The summed E-state index contributed by atoms with van der Waals surface area (Å²) >= 11 is 0. The molecule has 0 bridgehead atoms. The zero-order chi connectivity index (χ0) is 7.23. The first-order valence-corrected chi connectivity index (χ1v) is 3.78. The molecule has 0 aromatic carbocycles. The standard InChI is InChI=1S/C8H14N2/c1-9-7-5-8-4-2-3-6-10-8/h2,4,9H,3,5-7H2,1H3. The maximum atomic E-state index is 4.36. The zero-order valence-corrected chi connectivity index (χ0v) is 6.43. The average Bonchev–Trinajstić information content (AvgIpc) is 2.03. The molecule has 0 radical (unpaired) electrons. The normalized spacial score (nSPS) is 17.1. The molecule has 1 aliphatic rings. The monoisotopic (exact) mass is 138 g/mol. The van der Waals surface area contributed by atoms with E-state index < -0.39 is 0 Å². The van der Waals surface area contributed by atoms with Crippen LogP contribution in [0.15, 0.2) is 17.1 Å². The van der Waals surface area contributed by atoms with Crippen LogP contribution in [-0.2, 0) is 0 Å². The second kappa shape index (κ2) is 4.23. The summed E-state index contributed by atoms with van der Waals surface area (Å²) in [5, 5.41) is 3.10. The smallest absolute Gasteiger partial charge is 0.0427 e. The van der Waals surface area contributed by atoms with E-state index in [1.165, 1.54) is 5.71 Å². The summed E-state index contributed by atoms with van der Waals surface area (Å²) in [5.41, 5.74) is 1.24. The molecule has 0 saturated carbocycles. The highest BCUT2D eigenvalue weighted by atomic mass is 14.8. The first kappa shape index (κ1) is 7.48. The Hall–Kier alpha value is -0.630. The van der Waals surface area contributed by atoms with Crippen molar-refractivity contribution in [3.63, 3.8) is 0 Å². The van der Waals surface area contributed by atoms with E-state index in [1.54, 1.807) is 0 Å². The zero-order valence-electron chi connectivity index (χ0n) is 6.43. The van der Waals surface area contributed by atoms with Gasteiger partial charge in [-0.1, -0.05) is 6.08 Å². The van der Waals surface area contributed by atoms with Crippen molar-refractivity contribution in [2.75, 3.05) is 20.1 Å². The Kier molecular flexibility index (Phi) is 3.16. The van der Waals surface area contributed by atoms with Gasteiger partial charge >= 0.3 is 0 Å². The van der Waals surface area contributed by atoms with Crippen molar-refractivity contribution in [2.24, 2.45) is 4.99 Å². The van der Waals surface area contributed by atoms with Crippen molar-refractivity contribution >= 4 is 5.71 Å². The number of dihydropyridines is 1. The van der Waals surface area contributed by atoms with Gasteiger partial charge in [0.05, 0.1) is 0 Å². The first-order valence-electron chi connectivity index (χ1n) is 3.78. The molecule has 0 amide bonds. The molecule has 1 N–H and O–H groups in total. The van der Waals surface area contributed by atoms with Crippen LogP contribution in [-0.4, -0.2) is 25.8 Å². The van der Waals surface area contributed by atoms with E-state index in [2.05, 4.69) is 22.5 Å². The highest BCUT2D eigenvalue weighted by Gasteiger charge is 1.96. The van der Waals surface area contributed by atoms with Crippen molar-refractivity contribution < 1.29 is 0 Å². The van der Waals surface area contributed by atoms with Crippen LogP contribution < -0.4 is 5.32 Å². The molecule has 2 nitrogen and oxygen atoms in total. The summed E-state index contributed by atoms with van der Waals surface area (Å²) in [5.74, 6) is 0. The first-order chi connectivity index (χ1) is 4.93. The molecule has 0 aromatic heterocycles. The molecule has 0 aliphatic carbocycles. The van der Waals surface area contributed by atoms with E-state index in [0.717, 1.165) is 25.9 Å². The highest BCUT2D eigenvalue weighted by molar-refractivity contribution is 5.95. The van der Waals surface area contributed by atoms with Gasteiger partial charge in [0.25, 0.3) is 0 Å². The molecule has 2 heteroatoms. The molecule has 1 heterocycles. The third-order valence-corrected chi connectivity index (χ3v) is 1.55. The molecular formula is C8H14N2. The quantitative estimate of drug-likeness (QED) is 0.618. The van der Waals surface area contributed by atoms with Crippen LogP contribution in [0.4, 0.5) is 0 Å². The average molecular weight is 138 g/mol. The molecule has 0 saturated heterocycles. The molecule has 56 valence electrons. The van der Waals surface area contributed by atoms with Crippen LogP contribution in [0, 0.1) is 0 Å². The number of hydrogen-bond donors (Lipinski definition) is 1. The Morgan fingerprint density at radius 3 is 3.20 bits per heavy atom. The van der Waals surface area contributed by atoms with Crippen LogP contribution in [0.5, 0.6) is 0 Å². The van der Waals surface area contributed by atoms with E-state index in [0.29, 0.717) is 0 Å². The Morgan fingerprint density at radius 1 is 1.70 bits per heavy atom. The van der Waals surface area contributed by atoms with E-state index in [-0.39, 0.29) is 0 Å². The Bertz CT molecular complexity index is 147. The predicted molar refractivity (Wildman–Crippen MR) is 44.6 cm³/mol. The van der Waals surface area contributed by atoms with Crippen LogP contribution in [0.25, 0.3) is 0 Å². The molecule has 0 unspecified atom stereocenters. The lowest BCUT2D eigenvalue weighted by Crippen LogP contribution is -2.13. The van der Waals surface area contributed by atoms with Crippen LogP contribution in [0.1, 0.15) is 12.8 Å². The number of nitrogens with zero attached hydrogens (tertiary/aromatic N) is 1. The fraction of sp³-hybridized carbons (Fsp3) is 0.625. The Balaban J connectivity index is 2.26. The van der Waals surface area contributed by atoms with Gasteiger partial charge in [-0.3, -0.25) is 4.99 Å². The largest absolute Gasteiger partial charge is 0.319 e. The highest BCUT2D eigenvalue weighted by Crippen LogP contribution is 1.98. The maximum Gasteiger partial charge on any atom is 0.0427 e. The minimum absolute atomic E-state index is 0.982. The molecular weight excluding hydrogens is 124 g/mol. The van der Waals surface area contributed by atoms with Gasteiger partial charge in [-0.2, -0.15) is 0 Å². The van der Waals surface area contributed by atoms with Gasteiger partial charge in [0.1, 0.15) is 0 Å². The van der Waals surface area contributed by atoms with E-state index in [1.807, 2.05) is 7.05 Å². The molecule has 0 atom stereocenters. The van der Waals surface area contributed by atoms with E-state index in [9.17, 15) is 0 Å². The van der Waals surface area contributed by atoms with Gasteiger partial charge in [-0.25, -0.2) is 0 Å². The minimum Gasteiger partial charge on any atom is -0.319 e. The lowest BCUT2D eigenvalue weighted by Gasteiger charge is -2.04. The molecule has 0 spiro atoms. The van der Waals surface area contributed by atoms with Gasteiger partial charge in [0, 0.05) is 25.2 Å². The second-order valence-electron chi connectivity index (χ2n) is 2.42. The maximum absolute atomic E-state index is 4.36. The summed E-state index contributed by atoms with van der Waals surface area (Å²) in [4.78, 5) is 4.36. The molecule has 10 heavy (non-hydrogen) atoms. The molecule has 0 fully saturated rings. The van der Waals surface area contributed by atoms with Crippen molar-refractivity contribution in [1.29, 1.82) is 0 Å².